The third-order valence-corrected chi connectivity index (χ3v) is 6.90. The fraction of sp³-hybridized carbons (Fsp3) is 0.280. The van der Waals surface area contributed by atoms with E-state index >= 15 is 0 Å². The van der Waals surface area contributed by atoms with Crippen LogP contribution in [-0.4, -0.2) is 55.7 Å². The van der Waals surface area contributed by atoms with Crippen molar-refractivity contribution in [1.82, 2.24) is 24.4 Å². The van der Waals surface area contributed by atoms with Crippen LogP contribution >= 0.6 is 11.8 Å². The summed E-state index contributed by atoms with van der Waals surface area (Å²) >= 11 is 1.66. The summed E-state index contributed by atoms with van der Waals surface area (Å²) in [4.78, 5) is 29.7. The Balaban J connectivity index is 1.52. The Morgan fingerprint density at radius 1 is 1.18 bits per heavy atom. The van der Waals surface area contributed by atoms with Gasteiger partial charge in [-0.2, -0.15) is 0 Å². The Morgan fingerprint density at radius 2 is 2.00 bits per heavy atom. The summed E-state index contributed by atoms with van der Waals surface area (Å²) in [5, 5.41) is 1.07. The highest BCUT2D eigenvalue weighted by Crippen LogP contribution is 2.31. The lowest BCUT2D eigenvalue weighted by Gasteiger charge is -2.16. The number of rotatable bonds is 5. The molecule has 0 spiro atoms. The standard InChI is InChI=1S/C25H26N6OS/c1-3-16-6-8-27-21(10-16)18-12-28-25(29-13-18)31-15-23(33-2)20-5-4-17(11-22(20)31)24(32)30-9-7-19(26)14-30/h4-6,8,10-13,15,19H,3,7,9,14,26H2,1-2H3. The molecule has 5 rings (SSSR count). The quantitative estimate of drug-likeness (QED) is 0.456. The van der Waals surface area contributed by atoms with Gasteiger partial charge in [-0.15, -0.1) is 11.8 Å². The molecular formula is C25H26N6OS. The second-order valence-electron chi connectivity index (χ2n) is 8.27. The number of hydrogen-bond donors (Lipinski definition) is 1. The molecular weight excluding hydrogens is 432 g/mol. The van der Waals surface area contributed by atoms with Gasteiger partial charge in [0.15, 0.2) is 0 Å². The molecule has 1 aromatic carbocycles. The molecule has 1 saturated heterocycles. The molecule has 0 bridgehead atoms. The zero-order valence-electron chi connectivity index (χ0n) is 18.7. The highest BCUT2D eigenvalue weighted by Gasteiger charge is 2.25. The molecule has 3 aromatic heterocycles. The Bertz CT molecular complexity index is 1320. The average Bonchev–Trinajstić information content (AvgIpc) is 3.46. The van der Waals surface area contributed by atoms with Gasteiger partial charge in [0.25, 0.3) is 5.91 Å². The van der Waals surface area contributed by atoms with Crippen LogP contribution in [-0.2, 0) is 6.42 Å². The van der Waals surface area contributed by atoms with Crippen LogP contribution in [0.5, 0.6) is 0 Å². The number of fused-ring (bicyclic) bond motifs is 1. The van der Waals surface area contributed by atoms with Crippen molar-refractivity contribution in [3.63, 3.8) is 0 Å². The molecule has 0 saturated carbocycles. The molecule has 7 nitrogen and oxygen atoms in total. The first-order chi connectivity index (χ1) is 16.1. The molecule has 1 fully saturated rings. The summed E-state index contributed by atoms with van der Waals surface area (Å²) in [6.45, 7) is 3.43. The minimum atomic E-state index is 0.0152. The maximum atomic E-state index is 13.0. The van der Waals surface area contributed by atoms with Gasteiger partial charge >= 0.3 is 0 Å². The Kier molecular flexibility index (Phi) is 5.86. The molecule has 4 aromatic rings. The number of aryl methyl sites for hydroxylation is 1. The number of aromatic nitrogens is 4. The topological polar surface area (TPSA) is 89.9 Å². The third kappa shape index (κ3) is 4.12. The number of benzene rings is 1. The van der Waals surface area contributed by atoms with Gasteiger partial charge in [0.1, 0.15) is 0 Å². The summed E-state index contributed by atoms with van der Waals surface area (Å²) in [6.07, 6.45) is 11.3. The van der Waals surface area contributed by atoms with Crippen molar-refractivity contribution in [2.24, 2.45) is 5.73 Å². The summed E-state index contributed by atoms with van der Waals surface area (Å²) in [5.41, 5.74) is 10.5. The lowest BCUT2D eigenvalue weighted by atomic mass is 10.1. The van der Waals surface area contributed by atoms with E-state index in [0.717, 1.165) is 39.9 Å². The smallest absolute Gasteiger partial charge is 0.253 e. The van der Waals surface area contributed by atoms with Gasteiger partial charge in [0.05, 0.1) is 11.2 Å². The Morgan fingerprint density at radius 3 is 2.70 bits per heavy atom. The van der Waals surface area contributed by atoms with Crippen molar-refractivity contribution >= 4 is 28.6 Å². The van der Waals surface area contributed by atoms with Crippen molar-refractivity contribution in [3.05, 3.63) is 66.2 Å². The van der Waals surface area contributed by atoms with E-state index in [1.54, 1.807) is 24.2 Å². The number of amides is 1. The first kappa shape index (κ1) is 21.6. The van der Waals surface area contributed by atoms with Gasteiger partial charge in [-0.05, 0) is 48.9 Å². The first-order valence-electron chi connectivity index (χ1n) is 11.1. The van der Waals surface area contributed by atoms with Crippen molar-refractivity contribution in [1.29, 1.82) is 0 Å². The van der Waals surface area contributed by atoms with E-state index < -0.39 is 0 Å². The van der Waals surface area contributed by atoms with Crippen molar-refractivity contribution < 1.29 is 4.79 Å². The molecule has 0 radical (unpaired) electrons. The third-order valence-electron chi connectivity index (χ3n) is 6.13. The van der Waals surface area contributed by atoms with Gasteiger partial charge in [-0.3, -0.25) is 14.3 Å². The van der Waals surface area contributed by atoms with E-state index in [1.807, 2.05) is 52.4 Å². The van der Waals surface area contributed by atoms with Crippen LogP contribution < -0.4 is 5.73 Å². The first-order valence-corrected chi connectivity index (χ1v) is 12.3. The van der Waals surface area contributed by atoms with E-state index in [0.29, 0.717) is 24.6 Å². The summed E-state index contributed by atoms with van der Waals surface area (Å²) in [5.74, 6) is 0.574. The van der Waals surface area contributed by atoms with Gasteiger partial charge in [0.2, 0.25) is 5.95 Å². The van der Waals surface area contributed by atoms with Gasteiger partial charge in [-0.25, -0.2) is 9.97 Å². The number of nitrogens with two attached hydrogens (primary N) is 1. The van der Waals surface area contributed by atoms with Crippen molar-refractivity contribution in [3.8, 4) is 17.2 Å². The van der Waals surface area contributed by atoms with E-state index in [2.05, 4.69) is 27.9 Å². The molecule has 8 heteroatoms. The van der Waals surface area contributed by atoms with Crippen LogP contribution in [0.1, 0.15) is 29.3 Å². The average molecular weight is 459 g/mol. The van der Waals surface area contributed by atoms with Crippen LogP contribution in [0.3, 0.4) is 0 Å². The number of carbonyl (C=O) groups excluding carboxylic acids is 1. The zero-order chi connectivity index (χ0) is 22.9. The molecule has 168 valence electrons. The number of hydrogen-bond acceptors (Lipinski definition) is 6. The zero-order valence-corrected chi connectivity index (χ0v) is 19.5. The normalized spacial score (nSPS) is 16.0. The molecule has 4 heterocycles. The highest BCUT2D eigenvalue weighted by atomic mass is 32.2. The van der Waals surface area contributed by atoms with Crippen LogP contribution in [0.2, 0.25) is 0 Å². The van der Waals surface area contributed by atoms with Crippen molar-refractivity contribution in [2.45, 2.75) is 30.7 Å². The molecule has 1 unspecified atom stereocenters. The van der Waals surface area contributed by atoms with E-state index in [4.69, 9.17) is 5.73 Å². The van der Waals surface area contributed by atoms with Crippen LogP contribution in [0.4, 0.5) is 0 Å². The molecule has 1 aliphatic heterocycles. The predicted molar refractivity (Wildman–Crippen MR) is 132 cm³/mol. The maximum Gasteiger partial charge on any atom is 0.253 e. The van der Waals surface area contributed by atoms with Crippen LogP contribution in [0.25, 0.3) is 28.1 Å². The number of thioether (sulfide) groups is 1. The molecule has 1 aliphatic rings. The van der Waals surface area contributed by atoms with E-state index in [9.17, 15) is 4.79 Å². The minimum Gasteiger partial charge on any atom is -0.337 e. The second kappa shape index (κ2) is 8.96. The minimum absolute atomic E-state index is 0.0152. The van der Waals surface area contributed by atoms with Gasteiger partial charge in [0, 0.05) is 65.3 Å². The number of pyridine rings is 1. The lowest BCUT2D eigenvalue weighted by Crippen LogP contribution is -2.31. The summed E-state index contributed by atoms with van der Waals surface area (Å²) < 4.78 is 1.95. The number of nitrogens with zero attached hydrogens (tertiary/aromatic N) is 5. The maximum absolute atomic E-state index is 13.0. The van der Waals surface area contributed by atoms with Crippen LogP contribution in [0, 0.1) is 0 Å². The Hall–Kier alpha value is -3.23. The molecule has 1 amide bonds. The van der Waals surface area contributed by atoms with Crippen molar-refractivity contribution in [2.75, 3.05) is 19.3 Å². The SMILES string of the molecule is CCc1ccnc(-c2cnc(-n3cc(SC)c4ccc(C(=O)N5CCC(N)C5)cc43)nc2)c1. The molecule has 33 heavy (non-hydrogen) atoms. The van der Waals surface area contributed by atoms with E-state index in [-0.39, 0.29) is 11.9 Å². The largest absolute Gasteiger partial charge is 0.337 e. The van der Waals surface area contributed by atoms with Gasteiger partial charge in [-0.1, -0.05) is 13.0 Å². The predicted octanol–water partition coefficient (Wildman–Crippen LogP) is 3.94. The second-order valence-corrected chi connectivity index (χ2v) is 9.12. The Labute approximate surface area is 197 Å². The fourth-order valence-electron chi connectivity index (χ4n) is 4.24. The van der Waals surface area contributed by atoms with Crippen LogP contribution in [0.15, 0.2) is 60.0 Å². The van der Waals surface area contributed by atoms with Gasteiger partial charge < -0.3 is 10.6 Å². The number of carbonyl (C=O) groups is 1. The monoisotopic (exact) mass is 458 g/mol. The molecule has 2 N–H and O–H groups in total. The molecule has 1 atom stereocenters. The summed E-state index contributed by atoms with van der Waals surface area (Å²) in [6, 6.07) is 9.99. The number of likely N-dealkylation sites (tertiary alicyclic amines) is 1. The molecule has 0 aliphatic carbocycles. The van der Waals surface area contributed by atoms with E-state index in [1.165, 1.54) is 5.56 Å². The lowest BCUT2D eigenvalue weighted by molar-refractivity contribution is 0.0791. The fourth-order valence-corrected chi connectivity index (χ4v) is 4.84. The highest BCUT2D eigenvalue weighted by molar-refractivity contribution is 7.98. The summed E-state index contributed by atoms with van der Waals surface area (Å²) in [7, 11) is 0.